The molecule has 2 nitrogen and oxygen atoms in total. The minimum Gasteiger partial charge on any atom is -0.365 e. The summed E-state index contributed by atoms with van der Waals surface area (Å²) in [6.45, 7) is 0. The molecule has 0 aliphatic rings. The van der Waals surface area contributed by atoms with E-state index < -0.39 is 0 Å². The van der Waals surface area contributed by atoms with Gasteiger partial charge in [0, 0.05) is 13.1 Å². The number of fused-ring (bicyclic) bond motifs is 1. The van der Waals surface area contributed by atoms with Gasteiger partial charge in [-0.15, -0.1) is 0 Å². The predicted octanol–water partition coefficient (Wildman–Crippen LogP) is 3.24. The Hall–Kier alpha value is -0.680. The molecular formula is C8H6BrFN2S. The molecule has 2 rings (SSSR count). The van der Waals surface area contributed by atoms with Gasteiger partial charge >= 0.3 is 0 Å². The molecule has 0 aliphatic carbocycles. The Morgan fingerprint density at radius 1 is 1.54 bits per heavy atom. The van der Waals surface area contributed by atoms with Crippen LogP contribution in [-0.4, -0.2) is 12.0 Å². The van der Waals surface area contributed by atoms with Gasteiger partial charge in [-0.1, -0.05) is 11.3 Å². The molecule has 0 spiro atoms. The molecule has 2 aromatic rings. The van der Waals surface area contributed by atoms with Crippen LogP contribution >= 0.6 is 27.3 Å². The van der Waals surface area contributed by atoms with E-state index in [2.05, 4.69) is 26.2 Å². The van der Waals surface area contributed by atoms with Crippen LogP contribution in [0.15, 0.2) is 16.6 Å². The Balaban J connectivity index is 2.70. The van der Waals surface area contributed by atoms with E-state index in [1.807, 2.05) is 0 Å². The molecule has 0 bridgehead atoms. The van der Waals surface area contributed by atoms with E-state index in [0.29, 0.717) is 9.99 Å². The molecule has 0 saturated heterocycles. The smallest absolute Gasteiger partial charge is 0.183 e. The first-order valence-electron chi connectivity index (χ1n) is 3.64. The van der Waals surface area contributed by atoms with Crippen LogP contribution < -0.4 is 5.32 Å². The zero-order valence-electron chi connectivity index (χ0n) is 6.77. The van der Waals surface area contributed by atoms with Crippen molar-refractivity contribution in [2.75, 3.05) is 12.4 Å². The highest BCUT2D eigenvalue weighted by atomic mass is 79.9. The third-order valence-corrected chi connectivity index (χ3v) is 3.29. The highest BCUT2D eigenvalue weighted by Gasteiger charge is 2.06. The van der Waals surface area contributed by atoms with Crippen molar-refractivity contribution < 1.29 is 4.39 Å². The number of anilines is 1. The first-order chi connectivity index (χ1) is 6.20. The molecule has 0 fully saturated rings. The quantitative estimate of drug-likeness (QED) is 0.852. The van der Waals surface area contributed by atoms with Crippen molar-refractivity contribution in [3.05, 3.63) is 22.4 Å². The van der Waals surface area contributed by atoms with Crippen LogP contribution in [0, 0.1) is 5.82 Å². The lowest BCUT2D eigenvalue weighted by Crippen LogP contribution is -1.84. The van der Waals surface area contributed by atoms with Gasteiger partial charge in [0.1, 0.15) is 5.82 Å². The average molecular weight is 261 g/mol. The fraction of sp³-hybridized carbons (Fsp3) is 0.125. The molecule has 0 unspecified atom stereocenters. The van der Waals surface area contributed by atoms with Gasteiger partial charge in [0.2, 0.25) is 0 Å². The SMILES string of the molecule is CNc1nc2cc(F)c(Br)cc2s1. The number of hydrogen-bond donors (Lipinski definition) is 1. The molecular weight excluding hydrogens is 255 g/mol. The van der Waals surface area contributed by atoms with Crippen molar-refractivity contribution in [3.8, 4) is 0 Å². The second kappa shape index (κ2) is 3.23. The van der Waals surface area contributed by atoms with E-state index in [1.54, 1.807) is 13.1 Å². The zero-order valence-corrected chi connectivity index (χ0v) is 9.17. The zero-order chi connectivity index (χ0) is 9.42. The second-order valence-corrected chi connectivity index (χ2v) is 4.39. The second-order valence-electron chi connectivity index (χ2n) is 2.50. The predicted molar refractivity (Wildman–Crippen MR) is 56.8 cm³/mol. The lowest BCUT2D eigenvalue weighted by Gasteiger charge is -1.91. The van der Waals surface area contributed by atoms with E-state index >= 15 is 0 Å². The standard InChI is InChI=1S/C8H6BrFN2S/c1-11-8-12-6-3-5(10)4(9)2-7(6)13-8/h2-3H,1H3,(H,11,12). The Kier molecular flexibility index (Phi) is 2.21. The van der Waals surface area contributed by atoms with Crippen molar-refractivity contribution in [1.82, 2.24) is 4.98 Å². The van der Waals surface area contributed by atoms with Crippen LogP contribution in [0.1, 0.15) is 0 Å². The molecule has 0 saturated carbocycles. The average Bonchev–Trinajstić information content (AvgIpc) is 2.48. The van der Waals surface area contributed by atoms with E-state index in [1.165, 1.54) is 17.4 Å². The summed E-state index contributed by atoms with van der Waals surface area (Å²) in [7, 11) is 1.79. The Bertz CT molecular complexity index is 416. The van der Waals surface area contributed by atoms with Crippen LogP contribution in [0.3, 0.4) is 0 Å². The summed E-state index contributed by atoms with van der Waals surface area (Å²) in [5, 5.41) is 3.72. The number of aromatic nitrogens is 1. The van der Waals surface area contributed by atoms with Crippen LogP contribution in [0.2, 0.25) is 0 Å². The highest BCUT2D eigenvalue weighted by Crippen LogP contribution is 2.29. The number of nitrogens with one attached hydrogen (secondary N) is 1. The Morgan fingerprint density at radius 3 is 3.00 bits per heavy atom. The van der Waals surface area contributed by atoms with Gasteiger partial charge in [0.15, 0.2) is 5.13 Å². The van der Waals surface area contributed by atoms with Gasteiger partial charge in [-0.05, 0) is 22.0 Å². The van der Waals surface area contributed by atoms with E-state index in [4.69, 9.17) is 0 Å². The van der Waals surface area contributed by atoms with Crippen molar-refractivity contribution in [2.24, 2.45) is 0 Å². The number of thiazole rings is 1. The summed E-state index contributed by atoms with van der Waals surface area (Å²) >= 11 is 4.63. The van der Waals surface area contributed by atoms with Crippen LogP contribution in [0.5, 0.6) is 0 Å². The lowest BCUT2D eigenvalue weighted by molar-refractivity contribution is 0.623. The van der Waals surface area contributed by atoms with Gasteiger partial charge < -0.3 is 5.32 Å². The summed E-state index contributed by atoms with van der Waals surface area (Å²) in [5.41, 5.74) is 0.690. The highest BCUT2D eigenvalue weighted by molar-refractivity contribution is 9.10. The Labute approximate surface area is 86.9 Å². The maximum atomic E-state index is 13.1. The fourth-order valence-corrected chi connectivity index (χ4v) is 2.37. The molecule has 1 heterocycles. The minimum absolute atomic E-state index is 0.277. The molecule has 1 aromatic heterocycles. The first kappa shape index (κ1) is 8.90. The van der Waals surface area contributed by atoms with Gasteiger partial charge in [0.05, 0.1) is 14.7 Å². The molecule has 0 aliphatic heterocycles. The van der Waals surface area contributed by atoms with Crippen LogP contribution in [0.25, 0.3) is 10.2 Å². The van der Waals surface area contributed by atoms with Crippen molar-refractivity contribution >= 4 is 42.6 Å². The number of rotatable bonds is 1. The molecule has 13 heavy (non-hydrogen) atoms. The number of benzene rings is 1. The normalized spacial score (nSPS) is 10.7. The maximum Gasteiger partial charge on any atom is 0.183 e. The summed E-state index contributed by atoms with van der Waals surface area (Å²) in [4.78, 5) is 4.18. The monoisotopic (exact) mass is 260 g/mol. The maximum absolute atomic E-state index is 13.1. The first-order valence-corrected chi connectivity index (χ1v) is 5.25. The summed E-state index contributed by atoms with van der Waals surface area (Å²) in [6, 6.07) is 3.17. The largest absolute Gasteiger partial charge is 0.365 e. The fourth-order valence-electron chi connectivity index (χ4n) is 1.03. The molecule has 1 N–H and O–H groups in total. The molecule has 1 aromatic carbocycles. The molecule has 0 atom stereocenters. The lowest BCUT2D eigenvalue weighted by atomic mass is 10.3. The Morgan fingerprint density at radius 2 is 2.31 bits per heavy atom. The van der Waals surface area contributed by atoms with Crippen molar-refractivity contribution in [2.45, 2.75) is 0 Å². The topological polar surface area (TPSA) is 24.9 Å². The molecule has 0 amide bonds. The van der Waals surface area contributed by atoms with E-state index in [0.717, 1.165) is 9.83 Å². The van der Waals surface area contributed by atoms with E-state index in [-0.39, 0.29) is 5.82 Å². The number of hydrogen-bond acceptors (Lipinski definition) is 3. The molecule has 0 radical (unpaired) electrons. The van der Waals surface area contributed by atoms with Gasteiger partial charge in [-0.2, -0.15) is 0 Å². The minimum atomic E-state index is -0.277. The summed E-state index contributed by atoms with van der Waals surface area (Å²) < 4.78 is 14.5. The third-order valence-electron chi connectivity index (χ3n) is 1.64. The van der Waals surface area contributed by atoms with Gasteiger partial charge in [-0.25, -0.2) is 9.37 Å². The van der Waals surface area contributed by atoms with E-state index in [9.17, 15) is 4.39 Å². The van der Waals surface area contributed by atoms with Gasteiger partial charge in [-0.3, -0.25) is 0 Å². The van der Waals surface area contributed by atoms with Crippen molar-refractivity contribution in [1.29, 1.82) is 0 Å². The third kappa shape index (κ3) is 1.53. The van der Waals surface area contributed by atoms with Crippen molar-refractivity contribution in [3.63, 3.8) is 0 Å². The van der Waals surface area contributed by atoms with Crippen LogP contribution in [-0.2, 0) is 0 Å². The molecule has 68 valence electrons. The molecule has 5 heteroatoms. The van der Waals surface area contributed by atoms with Gasteiger partial charge in [0.25, 0.3) is 0 Å². The summed E-state index contributed by atoms with van der Waals surface area (Å²) in [5.74, 6) is -0.277. The summed E-state index contributed by atoms with van der Waals surface area (Å²) in [6.07, 6.45) is 0. The van der Waals surface area contributed by atoms with Crippen LogP contribution in [0.4, 0.5) is 9.52 Å². The number of halogens is 2. The number of nitrogens with zero attached hydrogens (tertiary/aromatic N) is 1.